The van der Waals surface area contributed by atoms with E-state index in [9.17, 15) is 4.79 Å². The maximum Gasteiger partial charge on any atom is 0.171 e. The number of rotatable bonds is 2. The first-order valence-corrected chi connectivity index (χ1v) is 8.30. The van der Waals surface area contributed by atoms with Crippen LogP contribution in [0.5, 0.6) is 0 Å². The Morgan fingerprint density at radius 1 is 1.15 bits per heavy atom. The molecule has 3 atom stereocenters. The largest absolute Gasteiger partial charge is 0.361 e. The number of Topliss-reactive ketones (excluding diaryl/α,β-unsaturated/α-hetero) is 1. The van der Waals surface area contributed by atoms with Crippen molar-refractivity contribution in [2.24, 2.45) is 11.8 Å². The first-order valence-electron chi connectivity index (χ1n) is 8.30. The second-order valence-electron chi connectivity index (χ2n) is 8.03. The van der Waals surface area contributed by atoms with Crippen LogP contribution < -0.4 is 0 Å². The molecule has 3 heteroatoms. The Labute approximate surface area is 123 Å². The molecule has 0 N–H and O–H groups in total. The van der Waals surface area contributed by atoms with Crippen molar-refractivity contribution in [2.45, 2.75) is 77.0 Å². The third kappa shape index (κ3) is 2.33. The van der Waals surface area contributed by atoms with Crippen molar-refractivity contribution in [1.29, 1.82) is 0 Å². The third-order valence-corrected chi connectivity index (χ3v) is 5.79. The van der Waals surface area contributed by atoms with Gasteiger partial charge in [0.05, 0.1) is 11.5 Å². The van der Waals surface area contributed by atoms with Crippen molar-refractivity contribution in [3.05, 3.63) is 0 Å². The molecule has 3 fully saturated rings. The first-order chi connectivity index (χ1) is 9.31. The minimum Gasteiger partial charge on any atom is -0.361 e. The van der Waals surface area contributed by atoms with Gasteiger partial charge >= 0.3 is 0 Å². The number of ketones is 1. The van der Waals surface area contributed by atoms with Gasteiger partial charge in [0.15, 0.2) is 5.78 Å². The second kappa shape index (κ2) is 4.81. The van der Waals surface area contributed by atoms with Crippen LogP contribution >= 0.6 is 0 Å². The highest BCUT2D eigenvalue weighted by atomic mass is 16.5. The van der Waals surface area contributed by atoms with E-state index in [1.807, 2.05) is 13.8 Å². The van der Waals surface area contributed by atoms with Crippen molar-refractivity contribution in [2.75, 3.05) is 13.1 Å². The Morgan fingerprint density at radius 2 is 1.85 bits per heavy atom. The molecule has 3 aliphatic rings. The Bertz CT molecular complexity index is 402. The van der Waals surface area contributed by atoms with Crippen LogP contribution in [-0.2, 0) is 9.53 Å². The Hall–Kier alpha value is -0.410. The highest BCUT2D eigenvalue weighted by molar-refractivity contribution is 5.91. The summed E-state index contributed by atoms with van der Waals surface area (Å²) in [4.78, 5) is 15.3. The summed E-state index contributed by atoms with van der Waals surface area (Å²) in [5.74, 6) is 1.21. The minimum atomic E-state index is -0.612. The van der Waals surface area contributed by atoms with E-state index in [2.05, 4.69) is 18.7 Å². The van der Waals surface area contributed by atoms with Crippen LogP contribution in [0.1, 0.15) is 59.8 Å². The summed E-state index contributed by atoms with van der Waals surface area (Å²) >= 11 is 0. The fourth-order valence-electron chi connectivity index (χ4n) is 4.84. The second-order valence-corrected chi connectivity index (χ2v) is 8.03. The molecule has 2 saturated heterocycles. The summed E-state index contributed by atoms with van der Waals surface area (Å²) in [6.45, 7) is 10.1. The summed E-state index contributed by atoms with van der Waals surface area (Å²) in [5.41, 5.74) is -0.939. The molecule has 3 unspecified atom stereocenters. The molecule has 3 rings (SSSR count). The van der Waals surface area contributed by atoms with Gasteiger partial charge in [0.2, 0.25) is 0 Å². The SMILES string of the molecule is CC1(C)OC(C)(C)C(CN2CCCC3CCCC32)C1=O. The summed E-state index contributed by atoms with van der Waals surface area (Å²) < 4.78 is 6.04. The number of carbonyl (C=O) groups excluding carboxylic acids is 1. The van der Waals surface area contributed by atoms with E-state index in [4.69, 9.17) is 4.74 Å². The number of carbonyl (C=O) groups is 1. The normalized spacial score (nSPS) is 40.0. The standard InChI is InChI=1S/C17H29NO2/c1-16(2)13(15(19)17(3,4)20-16)11-18-10-6-8-12-7-5-9-14(12)18/h12-14H,5-11H2,1-4H3. The number of fused-ring (bicyclic) bond motifs is 1. The summed E-state index contributed by atoms with van der Waals surface area (Å²) in [5, 5.41) is 0. The Morgan fingerprint density at radius 3 is 2.50 bits per heavy atom. The highest BCUT2D eigenvalue weighted by Crippen LogP contribution is 2.42. The number of piperidine rings is 1. The molecule has 2 heterocycles. The number of likely N-dealkylation sites (tertiary alicyclic amines) is 1. The van der Waals surface area contributed by atoms with Gasteiger partial charge in [-0.25, -0.2) is 0 Å². The van der Waals surface area contributed by atoms with E-state index in [-0.39, 0.29) is 11.5 Å². The van der Waals surface area contributed by atoms with Crippen LogP contribution in [0, 0.1) is 11.8 Å². The Balaban J connectivity index is 1.75. The molecule has 2 aliphatic heterocycles. The molecule has 0 radical (unpaired) electrons. The van der Waals surface area contributed by atoms with Gasteiger partial charge < -0.3 is 4.74 Å². The monoisotopic (exact) mass is 279 g/mol. The van der Waals surface area contributed by atoms with Crippen molar-refractivity contribution >= 4 is 5.78 Å². The van der Waals surface area contributed by atoms with Crippen LogP contribution in [-0.4, -0.2) is 41.0 Å². The number of hydrogen-bond acceptors (Lipinski definition) is 3. The molecule has 1 saturated carbocycles. The molecule has 0 aromatic carbocycles. The molecule has 0 amide bonds. The molecule has 0 bridgehead atoms. The average Bonchev–Trinajstić information content (AvgIpc) is 2.86. The van der Waals surface area contributed by atoms with E-state index >= 15 is 0 Å². The smallest absolute Gasteiger partial charge is 0.171 e. The van der Waals surface area contributed by atoms with Crippen LogP contribution in [0.25, 0.3) is 0 Å². The first kappa shape index (κ1) is 14.5. The molecule has 114 valence electrons. The van der Waals surface area contributed by atoms with E-state index < -0.39 is 5.60 Å². The van der Waals surface area contributed by atoms with Crippen LogP contribution in [0.2, 0.25) is 0 Å². The van der Waals surface area contributed by atoms with E-state index in [0.29, 0.717) is 5.78 Å². The fraction of sp³-hybridized carbons (Fsp3) is 0.941. The zero-order valence-electron chi connectivity index (χ0n) is 13.4. The highest BCUT2D eigenvalue weighted by Gasteiger charge is 2.54. The lowest BCUT2D eigenvalue weighted by molar-refractivity contribution is -0.132. The van der Waals surface area contributed by atoms with E-state index in [0.717, 1.165) is 18.5 Å². The van der Waals surface area contributed by atoms with E-state index in [1.54, 1.807) is 0 Å². The van der Waals surface area contributed by atoms with Gasteiger partial charge in [0.25, 0.3) is 0 Å². The predicted octanol–water partition coefficient (Wildman–Crippen LogP) is 3.02. The van der Waals surface area contributed by atoms with Crippen molar-refractivity contribution in [3.8, 4) is 0 Å². The number of ether oxygens (including phenoxy) is 1. The van der Waals surface area contributed by atoms with Crippen LogP contribution in [0.15, 0.2) is 0 Å². The molecule has 0 aromatic heterocycles. The molecule has 0 aromatic rings. The molecule has 20 heavy (non-hydrogen) atoms. The lowest BCUT2D eigenvalue weighted by Crippen LogP contribution is -2.49. The van der Waals surface area contributed by atoms with Crippen molar-refractivity contribution in [3.63, 3.8) is 0 Å². The summed E-state index contributed by atoms with van der Waals surface area (Å²) in [6, 6.07) is 0.732. The average molecular weight is 279 g/mol. The number of hydrogen-bond donors (Lipinski definition) is 0. The summed E-state index contributed by atoms with van der Waals surface area (Å²) in [6.07, 6.45) is 6.79. The van der Waals surface area contributed by atoms with Crippen LogP contribution in [0.3, 0.4) is 0 Å². The minimum absolute atomic E-state index is 0.0249. The molecule has 0 spiro atoms. The van der Waals surface area contributed by atoms with E-state index in [1.165, 1.54) is 38.6 Å². The third-order valence-electron chi connectivity index (χ3n) is 5.79. The lowest BCUT2D eigenvalue weighted by atomic mass is 9.83. The topological polar surface area (TPSA) is 29.5 Å². The van der Waals surface area contributed by atoms with Gasteiger partial charge in [-0.1, -0.05) is 6.42 Å². The molecule has 3 nitrogen and oxygen atoms in total. The predicted molar refractivity (Wildman–Crippen MR) is 79.7 cm³/mol. The quantitative estimate of drug-likeness (QED) is 0.778. The van der Waals surface area contributed by atoms with Crippen molar-refractivity contribution < 1.29 is 9.53 Å². The van der Waals surface area contributed by atoms with Gasteiger partial charge in [0.1, 0.15) is 5.60 Å². The van der Waals surface area contributed by atoms with Crippen LogP contribution in [0.4, 0.5) is 0 Å². The van der Waals surface area contributed by atoms with Gasteiger partial charge in [-0.15, -0.1) is 0 Å². The zero-order chi connectivity index (χ0) is 14.5. The van der Waals surface area contributed by atoms with Gasteiger partial charge in [-0.3, -0.25) is 9.69 Å². The van der Waals surface area contributed by atoms with Gasteiger partial charge in [0, 0.05) is 12.6 Å². The molecular formula is C17H29NO2. The molecule has 1 aliphatic carbocycles. The lowest BCUT2D eigenvalue weighted by Gasteiger charge is -2.40. The number of nitrogens with zero attached hydrogens (tertiary/aromatic N) is 1. The van der Waals surface area contributed by atoms with Crippen molar-refractivity contribution in [1.82, 2.24) is 4.90 Å². The van der Waals surface area contributed by atoms with Gasteiger partial charge in [-0.05, 0) is 65.8 Å². The molecular weight excluding hydrogens is 250 g/mol. The Kier molecular flexibility index (Phi) is 3.49. The maximum atomic E-state index is 12.7. The fourth-order valence-corrected chi connectivity index (χ4v) is 4.84. The maximum absolute atomic E-state index is 12.7. The summed E-state index contributed by atoms with van der Waals surface area (Å²) in [7, 11) is 0. The zero-order valence-corrected chi connectivity index (χ0v) is 13.4. The van der Waals surface area contributed by atoms with Gasteiger partial charge in [-0.2, -0.15) is 0 Å².